The number of hydrogen-bond acceptors (Lipinski definition) is 5. The van der Waals surface area contributed by atoms with Crippen LogP contribution in [0.1, 0.15) is 5.56 Å². The van der Waals surface area contributed by atoms with Gasteiger partial charge in [0.25, 0.3) is 0 Å². The molecule has 2 aromatic carbocycles. The first-order chi connectivity index (χ1) is 12.2. The lowest BCUT2D eigenvalue weighted by Gasteiger charge is -2.16. The topological polar surface area (TPSA) is 51.1 Å². The van der Waals surface area contributed by atoms with Gasteiger partial charge in [0.1, 0.15) is 0 Å². The molecule has 0 bridgehead atoms. The number of methoxy groups -OCH3 is 2. The number of hydrogen-bond donors (Lipinski definition) is 0. The van der Waals surface area contributed by atoms with Gasteiger partial charge in [0, 0.05) is 6.54 Å². The van der Waals surface area contributed by atoms with Crippen LogP contribution >= 0.6 is 11.8 Å². The maximum absolute atomic E-state index is 12.2. The van der Waals surface area contributed by atoms with Crippen molar-refractivity contribution in [2.24, 2.45) is 4.99 Å². The summed E-state index contributed by atoms with van der Waals surface area (Å²) in [5, 5.41) is 0.761. The maximum atomic E-state index is 12.2. The fraction of sp³-hybridized carbons (Fsp3) is 0.263. The predicted molar refractivity (Wildman–Crippen MR) is 101 cm³/mol. The minimum absolute atomic E-state index is 0.0974. The van der Waals surface area contributed by atoms with Gasteiger partial charge in [0.2, 0.25) is 5.91 Å². The number of benzene rings is 2. The Kier molecular flexibility index (Phi) is 5.60. The molecule has 0 radical (unpaired) electrons. The fourth-order valence-electron chi connectivity index (χ4n) is 2.59. The Bertz CT molecular complexity index is 777. The maximum Gasteiger partial charge on any atom is 0.239 e. The van der Waals surface area contributed by atoms with Gasteiger partial charge in [-0.1, -0.05) is 36.0 Å². The Hall–Kier alpha value is -2.47. The number of amidine groups is 1. The van der Waals surface area contributed by atoms with Crippen molar-refractivity contribution < 1.29 is 14.3 Å². The van der Waals surface area contributed by atoms with Gasteiger partial charge in [0.05, 0.1) is 25.7 Å². The predicted octanol–water partition coefficient (Wildman–Crippen LogP) is 3.51. The summed E-state index contributed by atoms with van der Waals surface area (Å²) in [4.78, 5) is 18.6. The molecule has 3 rings (SSSR count). The van der Waals surface area contributed by atoms with Gasteiger partial charge in [-0.05, 0) is 36.2 Å². The molecule has 1 heterocycles. The molecule has 130 valence electrons. The molecule has 5 nitrogen and oxygen atoms in total. The van der Waals surface area contributed by atoms with E-state index in [0.717, 1.165) is 22.8 Å². The third-order valence-corrected chi connectivity index (χ3v) is 4.87. The van der Waals surface area contributed by atoms with E-state index in [2.05, 4.69) is 4.99 Å². The minimum Gasteiger partial charge on any atom is -0.493 e. The number of para-hydroxylation sites is 1. The number of rotatable bonds is 6. The van der Waals surface area contributed by atoms with Crippen LogP contribution in [-0.2, 0) is 11.2 Å². The highest BCUT2D eigenvalue weighted by molar-refractivity contribution is 8.15. The summed E-state index contributed by atoms with van der Waals surface area (Å²) < 4.78 is 10.6. The second kappa shape index (κ2) is 8.07. The van der Waals surface area contributed by atoms with Crippen molar-refractivity contribution in [1.82, 2.24) is 4.90 Å². The molecule has 0 aliphatic carbocycles. The molecule has 6 heteroatoms. The first kappa shape index (κ1) is 17.4. The minimum atomic E-state index is 0.0974. The van der Waals surface area contributed by atoms with Gasteiger partial charge in [-0.2, -0.15) is 0 Å². The van der Waals surface area contributed by atoms with E-state index in [4.69, 9.17) is 9.47 Å². The third kappa shape index (κ3) is 4.14. The van der Waals surface area contributed by atoms with E-state index in [0.29, 0.717) is 23.8 Å². The average molecular weight is 356 g/mol. The van der Waals surface area contributed by atoms with E-state index in [9.17, 15) is 4.79 Å². The highest BCUT2D eigenvalue weighted by Gasteiger charge is 2.27. The van der Waals surface area contributed by atoms with Crippen LogP contribution in [0, 0.1) is 0 Å². The zero-order valence-corrected chi connectivity index (χ0v) is 15.1. The zero-order chi connectivity index (χ0) is 17.6. The zero-order valence-electron chi connectivity index (χ0n) is 14.3. The van der Waals surface area contributed by atoms with Gasteiger partial charge in [-0.3, -0.25) is 9.69 Å². The van der Waals surface area contributed by atoms with Crippen molar-refractivity contribution in [3.05, 3.63) is 54.1 Å². The lowest BCUT2D eigenvalue weighted by Crippen LogP contribution is -2.31. The van der Waals surface area contributed by atoms with Gasteiger partial charge in [0.15, 0.2) is 16.7 Å². The Morgan fingerprint density at radius 2 is 1.84 bits per heavy atom. The highest BCUT2D eigenvalue weighted by Crippen LogP contribution is 2.28. The molecule has 0 saturated carbocycles. The molecule has 1 aliphatic rings. The molecule has 1 aliphatic heterocycles. The number of thioether (sulfide) groups is 1. The van der Waals surface area contributed by atoms with Gasteiger partial charge >= 0.3 is 0 Å². The first-order valence-electron chi connectivity index (χ1n) is 7.99. The number of amides is 1. The molecule has 0 aromatic heterocycles. The summed E-state index contributed by atoms with van der Waals surface area (Å²) in [7, 11) is 3.23. The summed E-state index contributed by atoms with van der Waals surface area (Å²) in [5.74, 6) is 1.93. The lowest BCUT2D eigenvalue weighted by atomic mass is 10.1. The summed E-state index contributed by atoms with van der Waals surface area (Å²) in [5.41, 5.74) is 1.94. The van der Waals surface area contributed by atoms with Crippen LogP contribution in [0.15, 0.2) is 53.5 Å². The van der Waals surface area contributed by atoms with E-state index in [1.165, 1.54) is 11.8 Å². The van der Waals surface area contributed by atoms with Crippen LogP contribution in [0.4, 0.5) is 5.69 Å². The summed E-state index contributed by atoms with van der Waals surface area (Å²) in [6.45, 7) is 0.590. The molecular weight excluding hydrogens is 336 g/mol. The number of ether oxygens (including phenoxy) is 2. The SMILES string of the molecule is COc1ccc(CCN2C(=O)CSC2=Nc2ccccc2)cc1OC. The number of carbonyl (C=O) groups excluding carboxylic acids is 1. The van der Waals surface area contributed by atoms with Gasteiger partial charge < -0.3 is 9.47 Å². The van der Waals surface area contributed by atoms with Crippen LogP contribution in [0.2, 0.25) is 0 Å². The van der Waals surface area contributed by atoms with Gasteiger partial charge in [-0.15, -0.1) is 0 Å². The number of nitrogens with zero attached hydrogens (tertiary/aromatic N) is 2. The quantitative estimate of drug-likeness (QED) is 0.795. The van der Waals surface area contributed by atoms with E-state index in [1.54, 1.807) is 19.1 Å². The van der Waals surface area contributed by atoms with Crippen molar-refractivity contribution in [2.45, 2.75) is 6.42 Å². The molecule has 0 N–H and O–H groups in total. The smallest absolute Gasteiger partial charge is 0.239 e. The average Bonchev–Trinajstić information content (AvgIpc) is 3.00. The van der Waals surface area contributed by atoms with Crippen LogP contribution in [0.5, 0.6) is 11.5 Å². The molecule has 0 unspecified atom stereocenters. The van der Waals surface area contributed by atoms with E-state index >= 15 is 0 Å². The molecule has 1 saturated heterocycles. The summed E-state index contributed by atoms with van der Waals surface area (Å²) >= 11 is 1.48. The second-order valence-corrected chi connectivity index (χ2v) is 6.45. The van der Waals surface area contributed by atoms with Crippen molar-refractivity contribution in [1.29, 1.82) is 0 Å². The second-order valence-electron chi connectivity index (χ2n) is 5.50. The molecule has 25 heavy (non-hydrogen) atoms. The molecular formula is C19H20N2O3S. The van der Waals surface area contributed by atoms with E-state index < -0.39 is 0 Å². The van der Waals surface area contributed by atoms with Crippen LogP contribution in [0.25, 0.3) is 0 Å². The Labute approximate surface area is 151 Å². The van der Waals surface area contributed by atoms with E-state index in [1.807, 2.05) is 48.5 Å². The number of carbonyl (C=O) groups is 1. The molecule has 1 amide bonds. The van der Waals surface area contributed by atoms with Crippen LogP contribution < -0.4 is 9.47 Å². The first-order valence-corrected chi connectivity index (χ1v) is 8.97. The molecule has 1 fully saturated rings. The monoisotopic (exact) mass is 356 g/mol. The van der Waals surface area contributed by atoms with Crippen LogP contribution in [0.3, 0.4) is 0 Å². The standard InChI is InChI=1S/C19H20N2O3S/c1-23-16-9-8-14(12-17(16)24-2)10-11-21-18(22)13-25-19(21)20-15-6-4-3-5-7-15/h3-9,12H,10-11,13H2,1-2H3. The third-order valence-electron chi connectivity index (χ3n) is 3.91. The largest absolute Gasteiger partial charge is 0.493 e. The normalized spacial score (nSPS) is 15.7. The van der Waals surface area contributed by atoms with Crippen molar-refractivity contribution >= 4 is 28.5 Å². The molecule has 0 spiro atoms. The Morgan fingerprint density at radius 1 is 1.08 bits per heavy atom. The lowest BCUT2D eigenvalue weighted by molar-refractivity contribution is -0.124. The van der Waals surface area contributed by atoms with E-state index in [-0.39, 0.29) is 5.91 Å². The molecule has 0 atom stereocenters. The number of aliphatic imine (C=N–C) groups is 1. The Balaban J connectivity index is 1.72. The van der Waals surface area contributed by atoms with Crippen molar-refractivity contribution in [2.75, 3.05) is 26.5 Å². The van der Waals surface area contributed by atoms with Gasteiger partial charge in [-0.25, -0.2) is 4.99 Å². The highest BCUT2D eigenvalue weighted by atomic mass is 32.2. The fourth-order valence-corrected chi connectivity index (χ4v) is 3.52. The summed E-state index contributed by atoms with van der Waals surface area (Å²) in [6.07, 6.45) is 0.723. The van der Waals surface area contributed by atoms with Crippen molar-refractivity contribution in [3.63, 3.8) is 0 Å². The Morgan fingerprint density at radius 3 is 2.56 bits per heavy atom. The van der Waals surface area contributed by atoms with Crippen molar-refractivity contribution in [3.8, 4) is 11.5 Å². The molecule has 2 aromatic rings. The summed E-state index contributed by atoms with van der Waals surface area (Å²) in [6, 6.07) is 15.5. The van der Waals surface area contributed by atoms with Crippen LogP contribution in [-0.4, -0.2) is 42.5 Å².